The van der Waals surface area contributed by atoms with E-state index in [0.717, 1.165) is 50.0 Å². The summed E-state index contributed by atoms with van der Waals surface area (Å²) in [6.45, 7) is 0.655. The van der Waals surface area contributed by atoms with E-state index in [1.54, 1.807) is 0 Å². The van der Waals surface area contributed by atoms with Gasteiger partial charge in [-0.05, 0) is 43.1 Å². The number of nitrogens with one attached hydrogen (secondary N) is 2. The molecule has 3 N–H and O–H groups in total. The maximum absolute atomic E-state index is 12.1. The number of amides is 2. The van der Waals surface area contributed by atoms with Crippen LogP contribution in [-0.4, -0.2) is 40.7 Å². The number of rotatable bonds is 4. The average molecular weight is 314 g/mol. The zero-order valence-corrected chi connectivity index (χ0v) is 13.3. The first-order valence-electron chi connectivity index (χ1n) is 7.99. The minimum atomic E-state index is -1.07. The van der Waals surface area contributed by atoms with E-state index in [1.165, 1.54) is 0 Å². The second-order valence-electron chi connectivity index (χ2n) is 6.19. The summed E-state index contributed by atoms with van der Waals surface area (Å²) in [5.41, 5.74) is -1.07. The van der Waals surface area contributed by atoms with Crippen LogP contribution in [-0.2, 0) is 4.79 Å². The molecule has 21 heavy (non-hydrogen) atoms. The van der Waals surface area contributed by atoms with E-state index < -0.39 is 11.5 Å². The van der Waals surface area contributed by atoms with E-state index in [9.17, 15) is 14.7 Å². The fraction of sp³-hybridized carbons (Fsp3) is 0.867. The summed E-state index contributed by atoms with van der Waals surface area (Å²) in [4.78, 5) is 23.7. The second-order valence-corrected chi connectivity index (χ2v) is 7.42. The molecule has 1 saturated carbocycles. The van der Waals surface area contributed by atoms with E-state index in [0.29, 0.717) is 25.3 Å². The normalized spacial score (nSPS) is 23.0. The summed E-state index contributed by atoms with van der Waals surface area (Å²) >= 11 is 1.96. The third kappa shape index (κ3) is 4.80. The third-order valence-electron chi connectivity index (χ3n) is 4.61. The summed E-state index contributed by atoms with van der Waals surface area (Å²) in [6, 6.07) is -0.322. The van der Waals surface area contributed by atoms with Crippen LogP contribution in [0.1, 0.15) is 51.4 Å². The van der Waals surface area contributed by atoms with Crippen LogP contribution in [0.2, 0.25) is 0 Å². The number of carboxylic acid groups (broad SMARTS) is 1. The average Bonchev–Trinajstić information content (AvgIpc) is 2.73. The van der Waals surface area contributed by atoms with Crippen molar-refractivity contribution in [1.29, 1.82) is 0 Å². The fourth-order valence-electron chi connectivity index (χ4n) is 3.17. The lowest BCUT2D eigenvalue weighted by Gasteiger charge is -2.30. The third-order valence-corrected chi connectivity index (χ3v) is 5.66. The highest BCUT2D eigenvalue weighted by Gasteiger charge is 2.40. The first kappa shape index (κ1) is 16.5. The molecule has 2 rings (SSSR count). The number of carbonyl (C=O) groups is 2. The van der Waals surface area contributed by atoms with Crippen LogP contribution < -0.4 is 10.6 Å². The SMILES string of the molecule is O=C(NCC1CCSCC1)NC1(C(=O)O)CCCCCC1. The molecular weight excluding hydrogens is 288 g/mol. The topological polar surface area (TPSA) is 78.4 Å². The Morgan fingerprint density at radius 3 is 2.29 bits per heavy atom. The van der Waals surface area contributed by atoms with Crippen molar-refractivity contribution in [1.82, 2.24) is 10.6 Å². The predicted molar refractivity (Wildman–Crippen MR) is 84.7 cm³/mol. The molecular formula is C15H26N2O3S. The lowest BCUT2D eigenvalue weighted by Crippen LogP contribution is -2.57. The van der Waals surface area contributed by atoms with Crippen molar-refractivity contribution >= 4 is 23.8 Å². The Hall–Kier alpha value is -0.910. The molecule has 2 amide bonds. The highest BCUT2D eigenvalue weighted by atomic mass is 32.2. The number of aliphatic carboxylic acids is 1. The molecule has 0 aromatic carbocycles. The highest BCUT2D eigenvalue weighted by Crippen LogP contribution is 2.27. The van der Waals surface area contributed by atoms with Gasteiger partial charge in [0.25, 0.3) is 0 Å². The van der Waals surface area contributed by atoms with Gasteiger partial charge in [-0.25, -0.2) is 9.59 Å². The number of carboxylic acids is 1. The number of urea groups is 1. The quantitative estimate of drug-likeness (QED) is 0.697. The van der Waals surface area contributed by atoms with Gasteiger partial charge < -0.3 is 15.7 Å². The number of hydrogen-bond acceptors (Lipinski definition) is 3. The molecule has 6 heteroatoms. The molecule has 120 valence electrons. The predicted octanol–water partition coefficient (Wildman–Crippen LogP) is 2.61. The minimum Gasteiger partial charge on any atom is -0.480 e. The molecule has 0 unspecified atom stereocenters. The summed E-state index contributed by atoms with van der Waals surface area (Å²) in [5, 5.41) is 15.2. The lowest BCUT2D eigenvalue weighted by molar-refractivity contribution is -0.145. The summed E-state index contributed by atoms with van der Waals surface area (Å²) in [5.74, 6) is 1.96. The Kier molecular flexibility index (Phi) is 6.21. The number of thioether (sulfide) groups is 1. The molecule has 0 aromatic heterocycles. The van der Waals surface area contributed by atoms with Crippen LogP contribution in [0.5, 0.6) is 0 Å². The van der Waals surface area contributed by atoms with Crippen LogP contribution in [0.3, 0.4) is 0 Å². The van der Waals surface area contributed by atoms with E-state index in [2.05, 4.69) is 10.6 Å². The molecule has 0 bridgehead atoms. The Morgan fingerprint density at radius 2 is 1.71 bits per heavy atom. The van der Waals surface area contributed by atoms with E-state index >= 15 is 0 Å². The largest absolute Gasteiger partial charge is 0.480 e. The molecule has 5 nitrogen and oxygen atoms in total. The smallest absolute Gasteiger partial charge is 0.329 e. The molecule has 1 aliphatic carbocycles. The van der Waals surface area contributed by atoms with Crippen molar-refractivity contribution in [2.24, 2.45) is 5.92 Å². The zero-order chi connectivity index (χ0) is 15.1. The highest BCUT2D eigenvalue weighted by molar-refractivity contribution is 7.99. The van der Waals surface area contributed by atoms with Crippen LogP contribution in [0.25, 0.3) is 0 Å². The van der Waals surface area contributed by atoms with Crippen LogP contribution >= 0.6 is 11.8 Å². The maximum atomic E-state index is 12.1. The first-order valence-corrected chi connectivity index (χ1v) is 9.15. The van der Waals surface area contributed by atoms with Crippen molar-refractivity contribution in [2.45, 2.75) is 56.9 Å². The van der Waals surface area contributed by atoms with E-state index in [4.69, 9.17) is 0 Å². The Labute approximate surface area is 130 Å². The molecule has 2 fully saturated rings. The first-order chi connectivity index (χ1) is 10.1. The summed E-state index contributed by atoms with van der Waals surface area (Å²) < 4.78 is 0. The van der Waals surface area contributed by atoms with Gasteiger partial charge in [0, 0.05) is 6.54 Å². The number of hydrogen-bond donors (Lipinski definition) is 3. The van der Waals surface area contributed by atoms with Gasteiger partial charge in [-0.3, -0.25) is 0 Å². The minimum absolute atomic E-state index is 0.322. The van der Waals surface area contributed by atoms with Gasteiger partial charge in [0.05, 0.1) is 0 Å². The number of carbonyl (C=O) groups excluding carboxylic acids is 1. The monoisotopic (exact) mass is 314 g/mol. The van der Waals surface area contributed by atoms with E-state index in [-0.39, 0.29) is 6.03 Å². The fourth-order valence-corrected chi connectivity index (χ4v) is 4.38. The molecule has 1 saturated heterocycles. The molecule has 0 atom stereocenters. The molecule has 1 heterocycles. The Morgan fingerprint density at radius 1 is 1.10 bits per heavy atom. The molecule has 2 aliphatic rings. The standard InChI is InChI=1S/C15H26N2O3S/c18-13(19)15(7-3-1-2-4-8-15)17-14(20)16-11-12-5-9-21-10-6-12/h12H,1-11H2,(H,18,19)(H2,16,17,20). The van der Waals surface area contributed by atoms with Crippen molar-refractivity contribution in [3.05, 3.63) is 0 Å². The molecule has 0 radical (unpaired) electrons. The van der Waals surface area contributed by atoms with Gasteiger partial charge in [-0.15, -0.1) is 0 Å². The lowest BCUT2D eigenvalue weighted by atomic mass is 9.90. The molecule has 1 aliphatic heterocycles. The van der Waals surface area contributed by atoms with Crippen molar-refractivity contribution < 1.29 is 14.7 Å². The molecule has 0 aromatic rings. The van der Waals surface area contributed by atoms with Gasteiger partial charge in [0.1, 0.15) is 5.54 Å². The van der Waals surface area contributed by atoms with Gasteiger partial charge in [-0.2, -0.15) is 11.8 Å². The maximum Gasteiger partial charge on any atom is 0.329 e. The van der Waals surface area contributed by atoms with Crippen molar-refractivity contribution in [3.8, 4) is 0 Å². The Bertz CT molecular complexity index is 362. The Balaban J connectivity index is 1.84. The van der Waals surface area contributed by atoms with Crippen LogP contribution in [0, 0.1) is 5.92 Å². The van der Waals surface area contributed by atoms with Crippen LogP contribution in [0.4, 0.5) is 4.79 Å². The second kappa shape index (κ2) is 7.92. The van der Waals surface area contributed by atoms with Gasteiger partial charge in [-0.1, -0.05) is 25.7 Å². The zero-order valence-electron chi connectivity index (χ0n) is 12.5. The van der Waals surface area contributed by atoms with Gasteiger partial charge in [0.2, 0.25) is 0 Å². The van der Waals surface area contributed by atoms with E-state index in [1.807, 2.05) is 11.8 Å². The van der Waals surface area contributed by atoms with Crippen molar-refractivity contribution in [2.75, 3.05) is 18.1 Å². The molecule has 0 spiro atoms. The van der Waals surface area contributed by atoms with Gasteiger partial charge >= 0.3 is 12.0 Å². The van der Waals surface area contributed by atoms with Gasteiger partial charge in [0.15, 0.2) is 0 Å². The van der Waals surface area contributed by atoms with Crippen LogP contribution in [0.15, 0.2) is 0 Å². The van der Waals surface area contributed by atoms with Crippen molar-refractivity contribution in [3.63, 3.8) is 0 Å². The summed E-state index contributed by atoms with van der Waals surface area (Å²) in [6.07, 6.45) is 7.19. The summed E-state index contributed by atoms with van der Waals surface area (Å²) in [7, 11) is 0.